The van der Waals surface area contributed by atoms with E-state index in [1.807, 2.05) is 0 Å². The van der Waals surface area contributed by atoms with Crippen molar-refractivity contribution in [1.82, 2.24) is 20.6 Å². The standard InChI is InChI=1S/C28H34N4O7/c1-15-12-21(34)25(18-7-3-8-18)39-28(38)16(2)24(35)19(13-17-6-4-10-29-14-17)31-26(36)22(15)32-27(37)23-20(33)9-5-11-30-23/h4-6,9-11,14-16,18-19,22,24-25,33,35H,3,7-8,12-13H2,1-2H3,(H,31,36)(H,32,37)/t15-,16+,19-,22-,24-,25?/m0/s1. The Kier molecular flexibility index (Phi) is 8.90. The third kappa shape index (κ3) is 6.59. The SMILES string of the molecule is C[C@H]1CC(=O)C(C2CCC2)OC(=O)[C@H](C)[C@H](O)[C@H](Cc2cccnc2)NC(=O)[C@H]1NC(=O)c1ncccc1O. The Bertz CT molecular complexity index is 1200. The van der Waals surface area contributed by atoms with E-state index in [9.17, 15) is 29.4 Å². The fraction of sp³-hybridized carbons (Fsp3) is 0.500. The molecule has 2 amide bonds. The van der Waals surface area contributed by atoms with Crippen molar-refractivity contribution in [3.05, 3.63) is 54.1 Å². The maximum atomic E-state index is 13.7. The zero-order chi connectivity index (χ0) is 28.1. The third-order valence-electron chi connectivity index (χ3n) is 7.60. The molecule has 0 bridgehead atoms. The first-order valence-corrected chi connectivity index (χ1v) is 13.2. The van der Waals surface area contributed by atoms with Gasteiger partial charge in [0, 0.05) is 30.9 Å². The highest BCUT2D eigenvalue weighted by atomic mass is 16.5. The van der Waals surface area contributed by atoms with Crippen LogP contribution in [0.25, 0.3) is 0 Å². The Hall–Kier alpha value is -3.86. The molecular weight excluding hydrogens is 504 g/mol. The van der Waals surface area contributed by atoms with Crippen LogP contribution >= 0.6 is 0 Å². The van der Waals surface area contributed by atoms with Gasteiger partial charge in [0.05, 0.1) is 18.1 Å². The minimum atomic E-state index is -1.36. The second kappa shape index (κ2) is 12.3. The van der Waals surface area contributed by atoms with Gasteiger partial charge in [0.1, 0.15) is 11.8 Å². The average molecular weight is 539 g/mol. The van der Waals surface area contributed by atoms with E-state index in [4.69, 9.17) is 4.74 Å². The zero-order valence-corrected chi connectivity index (χ0v) is 21.9. The number of aliphatic hydroxyl groups is 1. The summed E-state index contributed by atoms with van der Waals surface area (Å²) >= 11 is 0. The molecule has 1 saturated heterocycles. The van der Waals surface area contributed by atoms with Crippen molar-refractivity contribution in [2.45, 2.75) is 70.2 Å². The van der Waals surface area contributed by atoms with E-state index in [0.717, 1.165) is 19.3 Å². The van der Waals surface area contributed by atoms with Gasteiger partial charge in [-0.1, -0.05) is 19.4 Å². The highest BCUT2D eigenvalue weighted by Gasteiger charge is 2.42. The Morgan fingerprint density at radius 2 is 1.90 bits per heavy atom. The second-order valence-corrected chi connectivity index (χ2v) is 10.5. The van der Waals surface area contributed by atoms with Gasteiger partial charge in [-0.3, -0.25) is 24.2 Å². The number of nitrogens with one attached hydrogen (secondary N) is 2. The number of pyridine rings is 2. The van der Waals surface area contributed by atoms with Crippen molar-refractivity contribution < 1.29 is 34.1 Å². The van der Waals surface area contributed by atoms with Gasteiger partial charge in [-0.05, 0) is 55.9 Å². The van der Waals surface area contributed by atoms with Crippen molar-refractivity contribution >= 4 is 23.6 Å². The highest BCUT2D eigenvalue weighted by molar-refractivity contribution is 5.98. The van der Waals surface area contributed by atoms with Crippen molar-refractivity contribution in [1.29, 1.82) is 0 Å². The number of hydrogen-bond acceptors (Lipinski definition) is 9. The van der Waals surface area contributed by atoms with Crippen LogP contribution in [0.15, 0.2) is 42.9 Å². The first-order chi connectivity index (χ1) is 18.7. The lowest BCUT2D eigenvalue weighted by Gasteiger charge is -2.36. The summed E-state index contributed by atoms with van der Waals surface area (Å²) in [6.07, 6.45) is 4.58. The number of esters is 1. The van der Waals surface area contributed by atoms with E-state index in [-0.39, 0.29) is 36.0 Å². The topological polar surface area (TPSA) is 168 Å². The number of ketones is 1. The van der Waals surface area contributed by atoms with Crippen LogP contribution in [0.4, 0.5) is 0 Å². The maximum absolute atomic E-state index is 13.7. The molecule has 0 spiro atoms. The molecule has 1 unspecified atom stereocenters. The third-order valence-corrected chi connectivity index (χ3v) is 7.60. The molecule has 4 N–H and O–H groups in total. The van der Waals surface area contributed by atoms with E-state index in [2.05, 4.69) is 20.6 Å². The number of ether oxygens (including phenoxy) is 1. The minimum Gasteiger partial charge on any atom is -0.505 e. The van der Waals surface area contributed by atoms with Crippen molar-refractivity contribution in [3.63, 3.8) is 0 Å². The van der Waals surface area contributed by atoms with Gasteiger partial charge in [-0.25, -0.2) is 4.98 Å². The first kappa shape index (κ1) is 28.2. The number of carbonyl (C=O) groups excluding carboxylic acids is 4. The summed E-state index contributed by atoms with van der Waals surface area (Å²) in [5.74, 6) is -4.72. The normalized spacial score (nSPS) is 28.7. The molecule has 2 aromatic rings. The molecule has 2 aromatic heterocycles. The van der Waals surface area contributed by atoms with E-state index >= 15 is 0 Å². The van der Waals surface area contributed by atoms with Crippen LogP contribution in [0.1, 0.15) is 55.6 Å². The van der Waals surface area contributed by atoms with E-state index in [1.165, 1.54) is 25.3 Å². The Labute approximate surface area is 226 Å². The molecule has 0 radical (unpaired) electrons. The maximum Gasteiger partial charge on any atom is 0.312 e. The van der Waals surface area contributed by atoms with Gasteiger partial charge in [0.2, 0.25) is 5.91 Å². The zero-order valence-electron chi connectivity index (χ0n) is 21.9. The number of nitrogens with zero attached hydrogens (tertiary/aromatic N) is 2. The molecule has 3 heterocycles. The van der Waals surface area contributed by atoms with Crippen LogP contribution in [-0.4, -0.2) is 68.0 Å². The molecule has 1 saturated carbocycles. The molecular formula is C28H34N4O7. The Morgan fingerprint density at radius 1 is 1.15 bits per heavy atom. The van der Waals surface area contributed by atoms with Crippen LogP contribution in [0.2, 0.25) is 0 Å². The number of Topliss-reactive ketones (excluding diaryl/α,β-unsaturated/α-hetero) is 1. The van der Waals surface area contributed by atoms with Gasteiger partial charge in [0.25, 0.3) is 5.91 Å². The van der Waals surface area contributed by atoms with Crippen LogP contribution in [0.3, 0.4) is 0 Å². The Morgan fingerprint density at radius 3 is 2.54 bits per heavy atom. The van der Waals surface area contributed by atoms with E-state index < -0.39 is 53.9 Å². The fourth-order valence-electron chi connectivity index (χ4n) is 4.99. The summed E-state index contributed by atoms with van der Waals surface area (Å²) in [4.78, 5) is 61.0. The van der Waals surface area contributed by atoms with Crippen LogP contribution < -0.4 is 10.6 Å². The van der Waals surface area contributed by atoms with Gasteiger partial charge in [0.15, 0.2) is 17.6 Å². The predicted molar refractivity (Wildman–Crippen MR) is 138 cm³/mol. The molecule has 39 heavy (non-hydrogen) atoms. The van der Waals surface area contributed by atoms with Gasteiger partial charge < -0.3 is 25.6 Å². The van der Waals surface area contributed by atoms with Crippen molar-refractivity contribution in [2.24, 2.45) is 17.8 Å². The number of cyclic esters (lactones) is 1. The molecule has 11 heteroatoms. The van der Waals surface area contributed by atoms with Crippen molar-refractivity contribution in [2.75, 3.05) is 0 Å². The van der Waals surface area contributed by atoms with Crippen LogP contribution in [0, 0.1) is 17.8 Å². The van der Waals surface area contributed by atoms with Gasteiger partial charge in [-0.2, -0.15) is 0 Å². The Balaban J connectivity index is 1.67. The molecule has 2 aliphatic rings. The monoisotopic (exact) mass is 538 g/mol. The lowest BCUT2D eigenvalue weighted by molar-refractivity contribution is -0.168. The number of amides is 2. The van der Waals surface area contributed by atoms with Crippen LogP contribution in [0.5, 0.6) is 5.75 Å². The van der Waals surface area contributed by atoms with E-state index in [1.54, 1.807) is 31.5 Å². The average Bonchev–Trinajstić information content (AvgIpc) is 2.89. The lowest BCUT2D eigenvalue weighted by atomic mass is 9.77. The first-order valence-electron chi connectivity index (χ1n) is 13.2. The smallest absolute Gasteiger partial charge is 0.312 e. The molecule has 6 atom stereocenters. The second-order valence-electron chi connectivity index (χ2n) is 10.5. The van der Waals surface area contributed by atoms with Crippen LogP contribution in [-0.2, 0) is 25.5 Å². The predicted octanol–water partition coefficient (Wildman–Crippen LogP) is 1.33. The summed E-state index contributed by atoms with van der Waals surface area (Å²) in [6.45, 7) is 3.14. The molecule has 2 fully saturated rings. The number of aliphatic hydroxyl groups excluding tert-OH is 1. The summed E-state index contributed by atoms with van der Waals surface area (Å²) in [6, 6.07) is 4.12. The lowest BCUT2D eigenvalue weighted by Crippen LogP contribution is -2.58. The highest BCUT2D eigenvalue weighted by Crippen LogP contribution is 2.34. The van der Waals surface area contributed by atoms with Gasteiger partial charge in [-0.15, -0.1) is 0 Å². The summed E-state index contributed by atoms with van der Waals surface area (Å²) in [5, 5.41) is 26.7. The largest absolute Gasteiger partial charge is 0.505 e. The number of hydrogen-bond donors (Lipinski definition) is 4. The number of aromatic hydroxyl groups is 1. The van der Waals surface area contributed by atoms with Crippen molar-refractivity contribution in [3.8, 4) is 5.75 Å². The minimum absolute atomic E-state index is 0.126. The van der Waals surface area contributed by atoms with E-state index in [0.29, 0.717) is 5.56 Å². The van der Waals surface area contributed by atoms with Gasteiger partial charge >= 0.3 is 5.97 Å². The fourth-order valence-corrected chi connectivity index (χ4v) is 4.99. The number of rotatable bonds is 5. The number of carbonyl (C=O) groups is 4. The molecule has 11 nitrogen and oxygen atoms in total. The summed E-state index contributed by atoms with van der Waals surface area (Å²) < 4.78 is 5.69. The quantitative estimate of drug-likeness (QED) is 0.410. The summed E-state index contributed by atoms with van der Waals surface area (Å²) in [5.41, 5.74) is 0.445. The molecule has 4 rings (SSSR count). The summed E-state index contributed by atoms with van der Waals surface area (Å²) in [7, 11) is 0. The number of aromatic nitrogens is 2. The molecule has 208 valence electrons. The molecule has 1 aliphatic carbocycles. The molecule has 0 aromatic carbocycles. The molecule has 1 aliphatic heterocycles.